The summed E-state index contributed by atoms with van der Waals surface area (Å²) < 4.78 is 19.5. The van der Waals surface area contributed by atoms with Crippen molar-refractivity contribution in [1.29, 1.82) is 0 Å². The first kappa shape index (κ1) is 14.4. The molecule has 0 saturated carbocycles. The molecule has 100 valence electrons. The number of hydrogen-bond acceptors (Lipinski definition) is 6. The fourth-order valence-electron chi connectivity index (χ4n) is 1.04. The Morgan fingerprint density at radius 3 is 2.56 bits per heavy atom. The zero-order valence-electron chi connectivity index (χ0n) is 9.07. The first-order valence-corrected chi connectivity index (χ1v) is 6.41. The van der Waals surface area contributed by atoms with Crippen molar-refractivity contribution in [2.45, 2.75) is 12.5 Å². The molecule has 0 aromatic heterocycles. The number of aliphatic carboxylic acids is 1. The zero-order chi connectivity index (χ0) is 13.6. The maximum atomic E-state index is 11.2. The number of carboxylic acid groups (broad SMARTS) is 1. The highest BCUT2D eigenvalue weighted by atomic mass is 31.2. The SMILES string of the molecule is O=CNCC(=O)NC(/C=C/P1(=O)OO1)CC(=O)O. The minimum absolute atomic E-state index is 0.280. The number of rotatable bonds is 8. The zero-order valence-corrected chi connectivity index (χ0v) is 9.96. The summed E-state index contributed by atoms with van der Waals surface area (Å²) >= 11 is 0. The summed E-state index contributed by atoms with van der Waals surface area (Å²) in [5.74, 6) is -0.660. The quantitative estimate of drug-likeness (QED) is 0.232. The molecular formula is C8H11N2O7P. The van der Waals surface area contributed by atoms with Gasteiger partial charge in [-0.15, -0.1) is 9.35 Å². The second kappa shape index (κ2) is 6.29. The van der Waals surface area contributed by atoms with Gasteiger partial charge in [-0.05, 0) is 0 Å². The van der Waals surface area contributed by atoms with E-state index in [2.05, 4.69) is 20.0 Å². The number of carboxylic acids is 1. The van der Waals surface area contributed by atoms with Gasteiger partial charge in [0.25, 0.3) is 0 Å². The molecule has 1 fully saturated rings. The molecule has 1 rings (SSSR count). The second-order valence-corrected chi connectivity index (χ2v) is 4.98. The van der Waals surface area contributed by atoms with Gasteiger partial charge in [-0.25, -0.2) is 0 Å². The number of amides is 2. The molecular weight excluding hydrogens is 267 g/mol. The smallest absolute Gasteiger partial charge is 0.408 e. The van der Waals surface area contributed by atoms with Crippen LogP contribution in [-0.2, 0) is 28.3 Å². The van der Waals surface area contributed by atoms with Crippen molar-refractivity contribution in [2.24, 2.45) is 0 Å². The largest absolute Gasteiger partial charge is 0.481 e. The van der Waals surface area contributed by atoms with Gasteiger partial charge in [0.1, 0.15) is 0 Å². The van der Waals surface area contributed by atoms with Gasteiger partial charge < -0.3 is 15.7 Å². The van der Waals surface area contributed by atoms with Crippen LogP contribution in [-0.4, -0.2) is 36.0 Å². The Labute approximate surface area is 102 Å². The van der Waals surface area contributed by atoms with E-state index >= 15 is 0 Å². The lowest BCUT2D eigenvalue weighted by atomic mass is 10.2. The van der Waals surface area contributed by atoms with Crippen LogP contribution in [0.4, 0.5) is 0 Å². The van der Waals surface area contributed by atoms with Crippen molar-refractivity contribution in [3.05, 3.63) is 11.9 Å². The van der Waals surface area contributed by atoms with Gasteiger partial charge in [-0.2, -0.15) is 0 Å². The molecule has 0 spiro atoms. The van der Waals surface area contributed by atoms with E-state index < -0.39 is 31.9 Å². The van der Waals surface area contributed by atoms with Gasteiger partial charge in [0.15, 0.2) is 0 Å². The number of nitrogens with one attached hydrogen (secondary N) is 2. The highest BCUT2D eigenvalue weighted by Gasteiger charge is 2.40. The van der Waals surface area contributed by atoms with E-state index in [4.69, 9.17) is 5.11 Å². The third-order valence-corrected chi connectivity index (χ3v) is 2.79. The standard InChI is InChI=1S/C8H11N2O7P/c11-5-9-4-7(12)10-6(3-8(13)14)1-2-18(15)16-17-18/h1-2,5-6H,3-4H2,(H,9,11)(H,10,12)(H,13,14)/b2-1+. The minimum atomic E-state index is -3.17. The summed E-state index contributed by atoms with van der Waals surface area (Å²) in [4.78, 5) is 31.8. The topological polar surface area (TPSA) is 138 Å². The number of carbonyl (C=O) groups is 3. The highest BCUT2D eigenvalue weighted by molar-refractivity contribution is 7.61. The molecule has 2 amide bonds. The van der Waals surface area contributed by atoms with Crippen molar-refractivity contribution in [2.75, 3.05) is 6.54 Å². The van der Waals surface area contributed by atoms with Crippen molar-refractivity contribution in [3.8, 4) is 0 Å². The predicted octanol–water partition coefficient (Wildman–Crippen LogP) is -0.639. The Kier molecular flexibility index (Phi) is 5.02. The predicted molar refractivity (Wildman–Crippen MR) is 57.2 cm³/mol. The van der Waals surface area contributed by atoms with E-state index in [0.29, 0.717) is 6.41 Å². The third-order valence-electron chi connectivity index (χ3n) is 1.81. The molecule has 1 atom stereocenters. The lowest BCUT2D eigenvalue weighted by molar-refractivity contribution is -0.137. The normalized spacial score (nSPS) is 18.0. The summed E-state index contributed by atoms with van der Waals surface area (Å²) in [6.45, 7) is -0.280. The van der Waals surface area contributed by atoms with E-state index in [9.17, 15) is 18.9 Å². The average molecular weight is 278 g/mol. The van der Waals surface area contributed by atoms with Crippen LogP contribution >= 0.6 is 7.60 Å². The van der Waals surface area contributed by atoms with Crippen molar-refractivity contribution in [1.82, 2.24) is 10.6 Å². The van der Waals surface area contributed by atoms with Crippen LogP contribution in [0.3, 0.4) is 0 Å². The number of carbonyl (C=O) groups excluding carboxylic acids is 2. The van der Waals surface area contributed by atoms with Crippen LogP contribution in [0.1, 0.15) is 6.42 Å². The van der Waals surface area contributed by atoms with E-state index in [1.54, 1.807) is 0 Å². The molecule has 1 saturated heterocycles. The van der Waals surface area contributed by atoms with Crippen LogP contribution in [0.25, 0.3) is 0 Å². The molecule has 18 heavy (non-hydrogen) atoms. The Bertz CT molecular complexity index is 414. The Balaban J connectivity index is 2.51. The monoisotopic (exact) mass is 278 g/mol. The molecule has 10 heteroatoms. The van der Waals surface area contributed by atoms with Gasteiger partial charge in [0.2, 0.25) is 12.3 Å². The Hall–Kier alpha value is -1.70. The molecule has 1 aliphatic heterocycles. The molecule has 1 unspecified atom stereocenters. The summed E-state index contributed by atoms with van der Waals surface area (Å²) in [6.07, 6.45) is 1.15. The van der Waals surface area contributed by atoms with E-state index in [0.717, 1.165) is 5.82 Å². The molecule has 9 nitrogen and oxygen atoms in total. The van der Waals surface area contributed by atoms with Gasteiger partial charge in [-0.3, -0.25) is 18.9 Å². The summed E-state index contributed by atoms with van der Waals surface area (Å²) in [7, 11) is -3.17. The van der Waals surface area contributed by atoms with Gasteiger partial charge >= 0.3 is 13.6 Å². The van der Waals surface area contributed by atoms with Gasteiger partial charge in [0.05, 0.1) is 19.0 Å². The molecule has 0 aliphatic carbocycles. The van der Waals surface area contributed by atoms with E-state index in [-0.39, 0.29) is 6.54 Å². The van der Waals surface area contributed by atoms with Crippen molar-refractivity contribution >= 4 is 25.9 Å². The lowest BCUT2D eigenvalue weighted by Crippen LogP contribution is -2.40. The maximum absolute atomic E-state index is 11.2. The van der Waals surface area contributed by atoms with Crippen molar-refractivity contribution in [3.63, 3.8) is 0 Å². The second-order valence-electron chi connectivity index (χ2n) is 3.30. The van der Waals surface area contributed by atoms with Gasteiger partial charge in [0, 0.05) is 5.82 Å². The lowest BCUT2D eigenvalue weighted by Gasteiger charge is -2.12. The van der Waals surface area contributed by atoms with E-state index in [1.807, 2.05) is 0 Å². The van der Waals surface area contributed by atoms with E-state index in [1.165, 1.54) is 6.08 Å². The number of hydrogen-bond donors (Lipinski definition) is 3. The molecule has 0 aromatic carbocycles. The molecule has 0 bridgehead atoms. The maximum Gasteiger partial charge on any atom is 0.408 e. The fraction of sp³-hybridized carbons (Fsp3) is 0.375. The summed E-state index contributed by atoms with van der Waals surface area (Å²) in [5, 5.41) is 13.1. The molecule has 1 aliphatic rings. The van der Waals surface area contributed by atoms with Crippen LogP contribution < -0.4 is 10.6 Å². The first-order valence-electron chi connectivity index (χ1n) is 4.80. The van der Waals surface area contributed by atoms with Gasteiger partial charge in [-0.1, -0.05) is 6.08 Å². The molecule has 0 radical (unpaired) electrons. The minimum Gasteiger partial charge on any atom is -0.481 e. The van der Waals surface area contributed by atoms with Crippen LogP contribution in [0.15, 0.2) is 11.9 Å². The van der Waals surface area contributed by atoms with Crippen LogP contribution in [0, 0.1) is 0 Å². The average Bonchev–Trinajstić information content (AvgIpc) is 3.01. The molecule has 1 heterocycles. The summed E-state index contributed by atoms with van der Waals surface area (Å²) in [5.41, 5.74) is 0. The third kappa shape index (κ3) is 5.58. The van der Waals surface area contributed by atoms with Crippen LogP contribution in [0.2, 0.25) is 0 Å². The Morgan fingerprint density at radius 2 is 2.06 bits per heavy atom. The summed E-state index contributed by atoms with van der Waals surface area (Å²) in [6, 6.07) is -0.873. The van der Waals surface area contributed by atoms with Crippen molar-refractivity contribution < 1.29 is 33.4 Å². The molecule has 0 aromatic rings. The first-order chi connectivity index (χ1) is 8.45. The fourth-order valence-corrected chi connectivity index (χ4v) is 1.82. The highest BCUT2D eigenvalue weighted by Crippen LogP contribution is 2.65. The Morgan fingerprint density at radius 1 is 1.39 bits per heavy atom. The van der Waals surface area contributed by atoms with Crippen LogP contribution in [0.5, 0.6) is 0 Å². The molecule has 3 N–H and O–H groups in total.